The van der Waals surface area contributed by atoms with Crippen LogP contribution in [0.15, 0.2) is 4.99 Å². The second-order valence-corrected chi connectivity index (χ2v) is 7.17. The van der Waals surface area contributed by atoms with Gasteiger partial charge < -0.3 is 11.1 Å². The molecule has 2 aliphatic rings. The standard InChI is InChI=1S/C17H34N4.HI/c1-14(2)16(21-10-5-3-4-6-11-21)13-20-17(18)19-12-15-8-7-9-15;/h14-16H,3-13H2,1-2H3,(H3,18,19,20);1H. The SMILES string of the molecule is CC(C)C(CN=C(N)NCC1CCC1)N1CCCCCC1.I. The molecule has 0 amide bonds. The predicted octanol–water partition coefficient (Wildman–Crippen LogP) is 3.21. The number of halogens is 1. The summed E-state index contributed by atoms with van der Waals surface area (Å²) in [5.41, 5.74) is 6.03. The topological polar surface area (TPSA) is 53.6 Å². The van der Waals surface area contributed by atoms with Crippen LogP contribution in [0.25, 0.3) is 0 Å². The zero-order valence-corrected chi connectivity index (χ0v) is 16.7. The van der Waals surface area contributed by atoms with E-state index in [1.165, 1.54) is 58.0 Å². The fraction of sp³-hybridized carbons (Fsp3) is 0.941. The summed E-state index contributed by atoms with van der Waals surface area (Å²) in [5.74, 6) is 2.10. The summed E-state index contributed by atoms with van der Waals surface area (Å²) >= 11 is 0. The molecule has 130 valence electrons. The second kappa shape index (κ2) is 10.7. The van der Waals surface area contributed by atoms with Crippen LogP contribution in [0, 0.1) is 11.8 Å². The molecule has 1 unspecified atom stereocenters. The molecule has 1 saturated heterocycles. The van der Waals surface area contributed by atoms with Crippen molar-refractivity contribution in [1.82, 2.24) is 10.2 Å². The summed E-state index contributed by atoms with van der Waals surface area (Å²) in [6.07, 6.45) is 9.52. The maximum atomic E-state index is 6.03. The molecule has 1 heterocycles. The molecular weight excluding hydrogens is 387 g/mol. The highest BCUT2D eigenvalue weighted by molar-refractivity contribution is 14.0. The van der Waals surface area contributed by atoms with Crippen molar-refractivity contribution < 1.29 is 0 Å². The van der Waals surface area contributed by atoms with Crippen LogP contribution in [0.4, 0.5) is 0 Å². The largest absolute Gasteiger partial charge is 0.370 e. The monoisotopic (exact) mass is 422 g/mol. The highest BCUT2D eigenvalue weighted by Gasteiger charge is 2.22. The van der Waals surface area contributed by atoms with Crippen molar-refractivity contribution in [1.29, 1.82) is 0 Å². The number of hydrogen-bond acceptors (Lipinski definition) is 2. The fourth-order valence-electron chi connectivity index (χ4n) is 3.37. The van der Waals surface area contributed by atoms with Gasteiger partial charge in [-0.3, -0.25) is 9.89 Å². The van der Waals surface area contributed by atoms with Crippen molar-refractivity contribution in [2.75, 3.05) is 26.2 Å². The predicted molar refractivity (Wildman–Crippen MR) is 106 cm³/mol. The molecule has 0 spiro atoms. The molecule has 3 N–H and O–H groups in total. The Bertz CT molecular complexity index is 321. The van der Waals surface area contributed by atoms with Gasteiger partial charge in [-0.15, -0.1) is 24.0 Å². The quantitative estimate of drug-likeness (QED) is 0.393. The van der Waals surface area contributed by atoms with E-state index in [0.717, 1.165) is 19.0 Å². The maximum absolute atomic E-state index is 6.03. The molecule has 1 aliphatic heterocycles. The third kappa shape index (κ3) is 6.60. The average molecular weight is 422 g/mol. The number of guanidine groups is 1. The number of nitrogens with one attached hydrogen (secondary N) is 1. The molecule has 0 bridgehead atoms. The Morgan fingerprint density at radius 1 is 1.14 bits per heavy atom. The zero-order chi connectivity index (χ0) is 15.1. The molecular formula is C17H35IN4. The van der Waals surface area contributed by atoms with Gasteiger partial charge in [0.1, 0.15) is 0 Å². The molecule has 0 aromatic carbocycles. The van der Waals surface area contributed by atoms with E-state index >= 15 is 0 Å². The van der Waals surface area contributed by atoms with Gasteiger partial charge in [-0.05, 0) is 50.6 Å². The Labute approximate surface area is 153 Å². The van der Waals surface area contributed by atoms with Crippen molar-refractivity contribution in [2.24, 2.45) is 22.6 Å². The summed E-state index contributed by atoms with van der Waals surface area (Å²) in [6.45, 7) is 8.92. The van der Waals surface area contributed by atoms with E-state index < -0.39 is 0 Å². The van der Waals surface area contributed by atoms with Crippen LogP contribution in [0.5, 0.6) is 0 Å². The van der Waals surface area contributed by atoms with Crippen molar-refractivity contribution in [3.05, 3.63) is 0 Å². The molecule has 0 aromatic rings. The molecule has 1 saturated carbocycles. The first-order valence-electron chi connectivity index (χ1n) is 8.94. The minimum Gasteiger partial charge on any atom is -0.370 e. The summed E-state index contributed by atoms with van der Waals surface area (Å²) < 4.78 is 0. The number of aliphatic imine (C=N–C) groups is 1. The van der Waals surface area contributed by atoms with Crippen LogP contribution in [0.1, 0.15) is 58.8 Å². The van der Waals surface area contributed by atoms with Gasteiger partial charge in [-0.1, -0.05) is 33.1 Å². The minimum absolute atomic E-state index is 0. The van der Waals surface area contributed by atoms with E-state index in [9.17, 15) is 0 Å². The lowest BCUT2D eigenvalue weighted by molar-refractivity contribution is 0.166. The van der Waals surface area contributed by atoms with Gasteiger partial charge in [0.25, 0.3) is 0 Å². The smallest absolute Gasteiger partial charge is 0.188 e. The highest BCUT2D eigenvalue weighted by atomic mass is 127. The van der Waals surface area contributed by atoms with Gasteiger partial charge in [0.05, 0.1) is 6.54 Å². The van der Waals surface area contributed by atoms with Gasteiger partial charge in [-0.25, -0.2) is 0 Å². The van der Waals surface area contributed by atoms with E-state index in [1.807, 2.05) is 0 Å². The van der Waals surface area contributed by atoms with Crippen LogP contribution in [-0.2, 0) is 0 Å². The number of nitrogens with two attached hydrogens (primary N) is 1. The third-order valence-corrected chi connectivity index (χ3v) is 5.12. The third-order valence-electron chi connectivity index (χ3n) is 5.12. The van der Waals surface area contributed by atoms with E-state index in [4.69, 9.17) is 5.73 Å². The fourth-order valence-corrected chi connectivity index (χ4v) is 3.37. The number of rotatable bonds is 6. The second-order valence-electron chi connectivity index (χ2n) is 7.17. The average Bonchev–Trinajstić information content (AvgIpc) is 2.66. The minimum atomic E-state index is 0. The first-order chi connectivity index (χ1) is 10.2. The van der Waals surface area contributed by atoms with E-state index in [0.29, 0.717) is 17.9 Å². The molecule has 2 fully saturated rings. The Morgan fingerprint density at radius 2 is 1.77 bits per heavy atom. The van der Waals surface area contributed by atoms with Crippen LogP contribution < -0.4 is 11.1 Å². The summed E-state index contributed by atoms with van der Waals surface area (Å²) in [7, 11) is 0. The number of likely N-dealkylation sites (tertiary alicyclic amines) is 1. The van der Waals surface area contributed by atoms with Crippen molar-refractivity contribution in [3.63, 3.8) is 0 Å². The molecule has 2 rings (SSSR count). The van der Waals surface area contributed by atoms with Crippen molar-refractivity contribution >= 4 is 29.9 Å². The lowest BCUT2D eigenvalue weighted by Crippen LogP contribution is -2.43. The van der Waals surface area contributed by atoms with Crippen LogP contribution >= 0.6 is 24.0 Å². The van der Waals surface area contributed by atoms with Gasteiger partial charge in [0, 0.05) is 12.6 Å². The van der Waals surface area contributed by atoms with Crippen molar-refractivity contribution in [3.8, 4) is 0 Å². The molecule has 1 aliphatic carbocycles. The Balaban J connectivity index is 0.00000242. The first-order valence-corrected chi connectivity index (χ1v) is 8.94. The number of hydrogen-bond donors (Lipinski definition) is 2. The molecule has 0 aromatic heterocycles. The molecule has 5 heteroatoms. The lowest BCUT2D eigenvalue weighted by Gasteiger charge is -2.32. The summed E-state index contributed by atoms with van der Waals surface area (Å²) in [6, 6.07) is 0.534. The first kappa shape index (κ1) is 20.0. The number of nitrogens with zero attached hydrogens (tertiary/aromatic N) is 2. The van der Waals surface area contributed by atoms with Gasteiger partial charge in [0.15, 0.2) is 5.96 Å². The van der Waals surface area contributed by atoms with E-state index in [-0.39, 0.29) is 24.0 Å². The molecule has 4 nitrogen and oxygen atoms in total. The molecule has 0 radical (unpaired) electrons. The van der Waals surface area contributed by atoms with Gasteiger partial charge in [0.2, 0.25) is 0 Å². The van der Waals surface area contributed by atoms with Gasteiger partial charge in [-0.2, -0.15) is 0 Å². The lowest BCUT2D eigenvalue weighted by atomic mass is 9.85. The van der Waals surface area contributed by atoms with Crippen molar-refractivity contribution in [2.45, 2.75) is 64.8 Å². The van der Waals surface area contributed by atoms with Crippen LogP contribution in [0.2, 0.25) is 0 Å². The summed E-state index contributed by atoms with van der Waals surface area (Å²) in [4.78, 5) is 7.26. The normalized spacial score (nSPS) is 22.6. The van der Waals surface area contributed by atoms with E-state index in [1.54, 1.807) is 0 Å². The Kier molecular flexibility index (Phi) is 9.71. The zero-order valence-electron chi connectivity index (χ0n) is 14.4. The maximum Gasteiger partial charge on any atom is 0.188 e. The van der Waals surface area contributed by atoms with E-state index in [2.05, 4.69) is 29.1 Å². The van der Waals surface area contributed by atoms with Crippen LogP contribution in [-0.4, -0.2) is 43.1 Å². The van der Waals surface area contributed by atoms with Crippen LogP contribution in [0.3, 0.4) is 0 Å². The molecule has 1 atom stereocenters. The Morgan fingerprint density at radius 3 is 2.27 bits per heavy atom. The highest BCUT2D eigenvalue weighted by Crippen LogP contribution is 2.25. The molecule has 22 heavy (non-hydrogen) atoms. The van der Waals surface area contributed by atoms with Gasteiger partial charge >= 0.3 is 0 Å². The Hall–Kier alpha value is -0.0400. The summed E-state index contributed by atoms with van der Waals surface area (Å²) in [5, 5.41) is 3.30.